The van der Waals surface area contributed by atoms with E-state index >= 15 is 0 Å². The average molecular weight is 263 g/mol. The third-order valence-electron chi connectivity index (χ3n) is 2.33. The van der Waals surface area contributed by atoms with Crippen LogP contribution < -0.4 is 10.1 Å². The maximum absolute atomic E-state index is 10.9. The van der Waals surface area contributed by atoms with E-state index in [-0.39, 0.29) is 12.5 Å². The Morgan fingerprint density at radius 1 is 1.32 bits per heavy atom. The van der Waals surface area contributed by atoms with Crippen molar-refractivity contribution in [1.29, 1.82) is 0 Å². The third kappa shape index (κ3) is 3.21. The van der Waals surface area contributed by atoms with Gasteiger partial charge < -0.3 is 19.2 Å². The Labute approximate surface area is 109 Å². The summed E-state index contributed by atoms with van der Waals surface area (Å²) in [4.78, 5) is 10.9. The molecule has 7 nitrogen and oxygen atoms in total. The van der Waals surface area contributed by atoms with E-state index < -0.39 is 6.09 Å². The molecule has 0 radical (unpaired) electrons. The van der Waals surface area contributed by atoms with Gasteiger partial charge in [0.2, 0.25) is 5.89 Å². The normalized spacial score (nSPS) is 10.0. The minimum absolute atomic E-state index is 0.0666. The number of benzene rings is 1. The lowest BCUT2D eigenvalue weighted by Gasteiger charge is -2.00. The van der Waals surface area contributed by atoms with Gasteiger partial charge in [0.25, 0.3) is 5.89 Å². The number of methoxy groups -OCH3 is 1. The standard InChI is InChI=1S/C12H13N3O4/c1-13-12(16)18-7-10-14-15-11(19-10)8-3-5-9(17-2)6-4-8/h3-6H,7H2,1-2H3,(H,13,16). The summed E-state index contributed by atoms with van der Waals surface area (Å²) in [5.74, 6) is 1.33. The first kappa shape index (κ1) is 12.9. The molecular formula is C12H13N3O4. The molecule has 1 amide bonds. The molecule has 0 aliphatic rings. The molecule has 1 aromatic heterocycles. The van der Waals surface area contributed by atoms with Gasteiger partial charge in [-0.25, -0.2) is 4.79 Å². The highest BCUT2D eigenvalue weighted by Gasteiger charge is 2.10. The molecule has 0 saturated carbocycles. The third-order valence-corrected chi connectivity index (χ3v) is 2.33. The number of aromatic nitrogens is 2. The second kappa shape index (κ2) is 5.85. The van der Waals surface area contributed by atoms with Crippen LogP contribution in [0.2, 0.25) is 0 Å². The van der Waals surface area contributed by atoms with Gasteiger partial charge in [-0.15, -0.1) is 10.2 Å². The summed E-state index contributed by atoms with van der Waals surface area (Å²) in [6.07, 6.45) is -0.552. The van der Waals surface area contributed by atoms with E-state index in [1.807, 2.05) is 0 Å². The van der Waals surface area contributed by atoms with Crippen molar-refractivity contribution < 1.29 is 18.7 Å². The number of carbonyl (C=O) groups excluding carboxylic acids is 1. The van der Waals surface area contributed by atoms with E-state index in [1.54, 1.807) is 31.4 Å². The SMILES string of the molecule is CNC(=O)OCc1nnc(-c2ccc(OC)cc2)o1. The maximum Gasteiger partial charge on any atom is 0.407 e. The number of carbonyl (C=O) groups is 1. The summed E-state index contributed by atoms with van der Waals surface area (Å²) in [6.45, 7) is -0.0666. The lowest BCUT2D eigenvalue weighted by atomic mass is 10.2. The molecule has 1 aromatic carbocycles. The van der Waals surface area contributed by atoms with Gasteiger partial charge in [0.15, 0.2) is 6.61 Å². The zero-order valence-electron chi connectivity index (χ0n) is 10.5. The second-order valence-electron chi connectivity index (χ2n) is 3.56. The first-order chi connectivity index (χ1) is 9.22. The fraction of sp³-hybridized carbons (Fsp3) is 0.250. The Balaban J connectivity index is 2.05. The molecule has 2 rings (SSSR count). The Hall–Kier alpha value is -2.57. The molecule has 0 bridgehead atoms. The highest BCUT2D eigenvalue weighted by molar-refractivity contribution is 5.66. The van der Waals surface area contributed by atoms with Crippen LogP contribution in [0.25, 0.3) is 11.5 Å². The van der Waals surface area contributed by atoms with Crippen LogP contribution in [0, 0.1) is 0 Å². The average Bonchev–Trinajstić information content (AvgIpc) is 2.93. The smallest absolute Gasteiger partial charge is 0.407 e. The van der Waals surface area contributed by atoms with Crippen LogP contribution in [-0.4, -0.2) is 30.4 Å². The zero-order chi connectivity index (χ0) is 13.7. The van der Waals surface area contributed by atoms with E-state index in [1.165, 1.54) is 7.05 Å². The topological polar surface area (TPSA) is 86.5 Å². The highest BCUT2D eigenvalue weighted by Crippen LogP contribution is 2.21. The molecule has 2 aromatic rings. The molecule has 0 aliphatic heterocycles. The summed E-state index contributed by atoms with van der Waals surface area (Å²) in [5, 5.41) is 9.99. The van der Waals surface area contributed by atoms with E-state index in [0.717, 1.165) is 11.3 Å². The molecule has 0 aliphatic carbocycles. The molecule has 0 unspecified atom stereocenters. The molecule has 0 atom stereocenters. The van der Waals surface area contributed by atoms with Crippen molar-refractivity contribution >= 4 is 6.09 Å². The molecule has 7 heteroatoms. The Kier molecular flexibility index (Phi) is 3.97. The summed E-state index contributed by atoms with van der Waals surface area (Å²) in [6, 6.07) is 7.19. The van der Waals surface area contributed by atoms with Crippen LogP contribution in [0.15, 0.2) is 28.7 Å². The number of hydrogen-bond acceptors (Lipinski definition) is 6. The first-order valence-corrected chi connectivity index (χ1v) is 5.54. The van der Waals surface area contributed by atoms with Crippen LogP contribution in [0.5, 0.6) is 5.75 Å². The Morgan fingerprint density at radius 2 is 2.05 bits per heavy atom. The lowest BCUT2D eigenvalue weighted by molar-refractivity contribution is 0.131. The number of nitrogens with one attached hydrogen (secondary N) is 1. The number of hydrogen-bond donors (Lipinski definition) is 1. The zero-order valence-corrected chi connectivity index (χ0v) is 10.5. The van der Waals surface area contributed by atoms with Gasteiger partial charge in [0.1, 0.15) is 5.75 Å². The number of amides is 1. The van der Waals surface area contributed by atoms with E-state index in [2.05, 4.69) is 15.5 Å². The van der Waals surface area contributed by atoms with Crippen molar-refractivity contribution in [3.63, 3.8) is 0 Å². The van der Waals surface area contributed by atoms with Crippen LogP contribution in [0.3, 0.4) is 0 Å². The van der Waals surface area contributed by atoms with Crippen molar-refractivity contribution in [2.45, 2.75) is 6.61 Å². The maximum atomic E-state index is 10.9. The van der Waals surface area contributed by atoms with Crippen LogP contribution in [0.4, 0.5) is 4.79 Å². The van der Waals surface area contributed by atoms with E-state index in [4.69, 9.17) is 13.9 Å². The van der Waals surface area contributed by atoms with E-state index in [9.17, 15) is 4.79 Å². The van der Waals surface area contributed by atoms with Gasteiger partial charge in [0.05, 0.1) is 7.11 Å². The summed E-state index contributed by atoms with van der Waals surface area (Å²) in [7, 11) is 3.06. The van der Waals surface area contributed by atoms with Gasteiger partial charge in [-0.2, -0.15) is 0 Å². The summed E-state index contributed by atoms with van der Waals surface area (Å²) < 4.78 is 15.2. The quantitative estimate of drug-likeness (QED) is 0.901. The number of ether oxygens (including phenoxy) is 2. The second-order valence-corrected chi connectivity index (χ2v) is 3.56. The molecule has 1 heterocycles. The van der Waals surface area contributed by atoms with Gasteiger partial charge in [-0.3, -0.25) is 0 Å². The summed E-state index contributed by atoms with van der Waals surface area (Å²) >= 11 is 0. The van der Waals surface area contributed by atoms with Crippen molar-refractivity contribution in [3.8, 4) is 17.2 Å². The molecule has 0 fully saturated rings. The van der Waals surface area contributed by atoms with Gasteiger partial charge >= 0.3 is 6.09 Å². The van der Waals surface area contributed by atoms with Crippen LogP contribution >= 0.6 is 0 Å². The van der Waals surface area contributed by atoms with Gasteiger partial charge in [0, 0.05) is 12.6 Å². The highest BCUT2D eigenvalue weighted by atomic mass is 16.6. The monoisotopic (exact) mass is 263 g/mol. The number of alkyl carbamates (subject to hydrolysis) is 1. The molecule has 1 N–H and O–H groups in total. The molecular weight excluding hydrogens is 250 g/mol. The fourth-order valence-electron chi connectivity index (χ4n) is 1.36. The lowest BCUT2D eigenvalue weighted by Crippen LogP contribution is -2.18. The van der Waals surface area contributed by atoms with Gasteiger partial charge in [-0.05, 0) is 24.3 Å². The molecule has 0 saturated heterocycles. The van der Waals surface area contributed by atoms with Crippen molar-refractivity contribution in [1.82, 2.24) is 15.5 Å². The van der Waals surface area contributed by atoms with Crippen molar-refractivity contribution in [2.24, 2.45) is 0 Å². The molecule has 100 valence electrons. The molecule has 19 heavy (non-hydrogen) atoms. The van der Waals surface area contributed by atoms with Crippen LogP contribution in [0.1, 0.15) is 5.89 Å². The minimum Gasteiger partial charge on any atom is -0.497 e. The predicted molar refractivity (Wildman–Crippen MR) is 65.5 cm³/mol. The van der Waals surface area contributed by atoms with Gasteiger partial charge in [-0.1, -0.05) is 0 Å². The van der Waals surface area contributed by atoms with E-state index in [0.29, 0.717) is 5.89 Å². The van der Waals surface area contributed by atoms with Crippen LogP contribution in [-0.2, 0) is 11.3 Å². The van der Waals surface area contributed by atoms with Crippen molar-refractivity contribution in [3.05, 3.63) is 30.2 Å². The Bertz CT molecular complexity index is 550. The summed E-state index contributed by atoms with van der Waals surface area (Å²) in [5.41, 5.74) is 0.763. The molecule has 0 spiro atoms. The number of rotatable bonds is 4. The fourth-order valence-corrected chi connectivity index (χ4v) is 1.36. The largest absolute Gasteiger partial charge is 0.497 e. The Morgan fingerprint density at radius 3 is 2.68 bits per heavy atom. The van der Waals surface area contributed by atoms with Crippen molar-refractivity contribution in [2.75, 3.05) is 14.2 Å². The minimum atomic E-state index is -0.552. The first-order valence-electron chi connectivity index (χ1n) is 5.54. The number of nitrogens with zero attached hydrogens (tertiary/aromatic N) is 2. The predicted octanol–water partition coefficient (Wildman–Crippen LogP) is 1.60.